The quantitative estimate of drug-likeness (QED) is 0.653. The maximum absolute atomic E-state index is 11.5. The van der Waals surface area contributed by atoms with Gasteiger partial charge in [-0.1, -0.05) is 0 Å². The number of rotatable bonds is 2. The number of carbonyl (C=O) groups is 1. The molecule has 3 nitrogen and oxygen atoms in total. The Bertz CT molecular complexity index is 201. The first-order valence-electron chi connectivity index (χ1n) is 4.75. The van der Waals surface area contributed by atoms with E-state index in [1.165, 1.54) is 12.8 Å². The van der Waals surface area contributed by atoms with Crippen LogP contribution in [0.1, 0.15) is 26.7 Å². The highest BCUT2D eigenvalue weighted by Crippen LogP contribution is 2.31. The summed E-state index contributed by atoms with van der Waals surface area (Å²) in [7, 11) is 0. The van der Waals surface area contributed by atoms with Crippen LogP contribution in [0.2, 0.25) is 0 Å². The molecule has 3 heteroatoms. The van der Waals surface area contributed by atoms with Gasteiger partial charge in [0.15, 0.2) is 0 Å². The highest BCUT2D eigenvalue weighted by molar-refractivity contribution is 5.83. The van der Waals surface area contributed by atoms with Crippen LogP contribution < -0.4 is 5.32 Å². The lowest BCUT2D eigenvalue weighted by molar-refractivity contribution is -0.129. The molecule has 1 N–H and O–H groups in total. The van der Waals surface area contributed by atoms with Gasteiger partial charge >= 0.3 is 0 Å². The van der Waals surface area contributed by atoms with Crippen LogP contribution in [-0.4, -0.2) is 29.6 Å². The topological polar surface area (TPSA) is 32.3 Å². The van der Waals surface area contributed by atoms with E-state index in [9.17, 15) is 4.79 Å². The first kappa shape index (κ1) is 8.05. The number of amides is 1. The van der Waals surface area contributed by atoms with Crippen LogP contribution >= 0.6 is 0 Å². The zero-order valence-corrected chi connectivity index (χ0v) is 7.71. The summed E-state index contributed by atoms with van der Waals surface area (Å²) < 4.78 is 0. The molecule has 0 spiro atoms. The molecule has 68 valence electrons. The lowest BCUT2D eigenvalue weighted by Gasteiger charge is -2.20. The molecule has 0 aromatic rings. The van der Waals surface area contributed by atoms with Crippen molar-refractivity contribution in [3.8, 4) is 0 Å². The van der Waals surface area contributed by atoms with E-state index in [1.807, 2.05) is 11.8 Å². The van der Waals surface area contributed by atoms with Crippen molar-refractivity contribution in [2.24, 2.45) is 5.92 Å². The predicted octanol–water partition coefficient (Wildman–Crippen LogP) is 0.563. The molecule has 0 radical (unpaired) electrons. The predicted molar refractivity (Wildman–Crippen MR) is 46.5 cm³/mol. The minimum atomic E-state index is 0.0266. The molecule has 1 heterocycles. The molecule has 2 aliphatic rings. The Morgan fingerprint density at radius 3 is 2.58 bits per heavy atom. The average molecular weight is 168 g/mol. The van der Waals surface area contributed by atoms with E-state index >= 15 is 0 Å². The molecule has 2 rings (SSSR count). The summed E-state index contributed by atoms with van der Waals surface area (Å²) in [6.07, 6.45) is 2.86. The molecule has 2 atom stereocenters. The maximum Gasteiger partial charge on any atom is 0.240 e. The summed E-state index contributed by atoms with van der Waals surface area (Å²) in [4.78, 5) is 13.5. The number of hydrogen-bond acceptors (Lipinski definition) is 2. The SMILES string of the molecule is CC1NC(C)N(CC2CC2)C1=O. The zero-order valence-electron chi connectivity index (χ0n) is 7.71. The lowest BCUT2D eigenvalue weighted by Crippen LogP contribution is -2.36. The molecular weight excluding hydrogens is 152 g/mol. The maximum atomic E-state index is 11.5. The van der Waals surface area contributed by atoms with Gasteiger partial charge in [0, 0.05) is 6.54 Å². The normalized spacial score (nSPS) is 36.2. The molecule has 1 saturated heterocycles. The van der Waals surface area contributed by atoms with E-state index in [4.69, 9.17) is 0 Å². The Labute approximate surface area is 73.1 Å². The first-order valence-corrected chi connectivity index (χ1v) is 4.75. The summed E-state index contributed by atoms with van der Waals surface area (Å²) in [6, 6.07) is 0.0266. The Morgan fingerprint density at radius 2 is 2.17 bits per heavy atom. The number of carbonyl (C=O) groups excluding carboxylic acids is 1. The third kappa shape index (κ3) is 1.33. The molecule has 0 aromatic carbocycles. The van der Waals surface area contributed by atoms with E-state index in [-0.39, 0.29) is 18.1 Å². The van der Waals surface area contributed by atoms with Gasteiger partial charge in [-0.05, 0) is 32.6 Å². The van der Waals surface area contributed by atoms with E-state index in [0.29, 0.717) is 0 Å². The van der Waals surface area contributed by atoms with E-state index < -0.39 is 0 Å². The fourth-order valence-corrected chi connectivity index (χ4v) is 1.79. The molecule has 1 amide bonds. The molecule has 1 saturated carbocycles. The van der Waals surface area contributed by atoms with Crippen LogP contribution in [-0.2, 0) is 4.79 Å². The van der Waals surface area contributed by atoms with Crippen molar-refractivity contribution in [3.63, 3.8) is 0 Å². The minimum absolute atomic E-state index is 0.0266. The van der Waals surface area contributed by atoms with Gasteiger partial charge in [-0.25, -0.2) is 0 Å². The molecule has 1 aliphatic heterocycles. The van der Waals surface area contributed by atoms with Gasteiger partial charge in [0.2, 0.25) is 5.91 Å². The molecule has 1 aliphatic carbocycles. The molecule has 2 unspecified atom stereocenters. The average Bonchev–Trinajstić information content (AvgIpc) is 2.77. The third-order valence-electron chi connectivity index (χ3n) is 2.76. The van der Waals surface area contributed by atoms with Gasteiger partial charge in [0.25, 0.3) is 0 Å². The zero-order chi connectivity index (χ0) is 8.72. The summed E-state index contributed by atoms with van der Waals surface area (Å²) in [6.45, 7) is 4.97. The molecule has 12 heavy (non-hydrogen) atoms. The van der Waals surface area contributed by atoms with Crippen molar-refractivity contribution < 1.29 is 4.79 Å². The molecular formula is C9H16N2O. The van der Waals surface area contributed by atoms with Gasteiger partial charge in [0.05, 0.1) is 12.2 Å². The summed E-state index contributed by atoms with van der Waals surface area (Å²) in [5.41, 5.74) is 0. The Kier molecular flexibility index (Phi) is 1.83. The van der Waals surface area contributed by atoms with Crippen molar-refractivity contribution in [1.29, 1.82) is 0 Å². The second kappa shape index (κ2) is 2.73. The number of nitrogens with one attached hydrogen (secondary N) is 1. The van der Waals surface area contributed by atoms with Gasteiger partial charge in [-0.3, -0.25) is 10.1 Å². The fourth-order valence-electron chi connectivity index (χ4n) is 1.79. The minimum Gasteiger partial charge on any atom is -0.326 e. The summed E-state index contributed by atoms with van der Waals surface area (Å²) in [5, 5.41) is 3.23. The van der Waals surface area contributed by atoms with E-state index in [1.54, 1.807) is 0 Å². The van der Waals surface area contributed by atoms with Crippen molar-refractivity contribution in [1.82, 2.24) is 10.2 Å². The van der Waals surface area contributed by atoms with Crippen LogP contribution in [0.25, 0.3) is 0 Å². The Hall–Kier alpha value is -0.570. The number of nitrogens with zero attached hydrogens (tertiary/aromatic N) is 1. The van der Waals surface area contributed by atoms with E-state index in [0.717, 1.165) is 12.5 Å². The molecule has 2 fully saturated rings. The van der Waals surface area contributed by atoms with Gasteiger partial charge in [0.1, 0.15) is 0 Å². The smallest absolute Gasteiger partial charge is 0.240 e. The second-order valence-electron chi connectivity index (χ2n) is 4.00. The largest absolute Gasteiger partial charge is 0.326 e. The summed E-state index contributed by atoms with van der Waals surface area (Å²) >= 11 is 0. The number of hydrogen-bond donors (Lipinski definition) is 1. The van der Waals surface area contributed by atoms with Crippen LogP contribution in [0.15, 0.2) is 0 Å². The van der Waals surface area contributed by atoms with Gasteiger partial charge in [-0.15, -0.1) is 0 Å². The van der Waals surface area contributed by atoms with Crippen molar-refractivity contribution >= 4 is 5.91 Å². The Morgan fingerprint density at radius 1 is 1.50 bits per heavy atom. The second-order valence-corrected chi connectivity index (χ2v) is 4.00. The van der Waals surface area contributed by atoms with Crippen LogP contribution in [0, 0.1) is 5.92 Å². The molecule has 0 bridgehead atoms. The van der Waals surface area contributed by atoms with Crippen LogP contribution in [0.3, 0.4) is 0 Å². The van der Waals surface area contributed by atoms with Crippen molar-refractivity contribution in [2.75, 3.05) is 6.54 Å². The van der Waals surface area contributed by atoms with Gasteiger partial charge < -0.3 is 4.90 Å². The van der Waals surface area contributed by atoms with Gasteiger partial charge in [-0.2, -0.15) is 0 Å². The Balaban J connectivity index is 1.97. The molecule has 0 aromatic heterocycles. The third-order valence-corrected chi connectivity index (χ3v) is 2.76. The van der Waals surface area contributed by atoms with Crippen molar-refractivity contribution in [2.45, 2.75) is 38.9 Å². The standard InChI is InChI=1S/C9H16N2O/c1-6-9(12)11(7(2)10-6)5-8-3-4-8/h6-8,10H,3-5H2,1-2H3. The monoisotopic (exact) mass is 168 g/mol. The van der Waals surface area contributed by atoms with Crippen LogP contribution in [0.4, 0.5) is 0 Å². The first-order chi connectivity index (χ1) is 5.68. The van der Waals surface area contributed by atoms with Crippen LogP contribution in [0.5, 0.6) is 0 Å². The lowest BCUT2D eigenvalue weighted by atomic mass is 10.3. The highest BCUT2D eigenvalue weighted by atomic mass is 16.2. The van der Waals surface area contributed by atoms with E-state index in [2.05, 4.69) is 12.2 Å². The van der Waals surface area contributed by atoms with Crippen molar-refractivity contribution in [3.05, 3.63) is 0 Å². The summed E-state index contributed by atoms with van der Waals surface area (Å²) in [5.74, 6) is 1.07. The highest BCUT2D eigenvalue weighted by Gasteiger charge is 2.36. The fraction of sp³-hybridized carbons (Fsp3) is 0.889.